The number of hydrogen-bond acceptors (Lipinski definition) is 1. The third-order valence-electron chi connectivity index (χ3n) is 2.52. The molecule has 86 valence electrons. The number of halogens is 2. The van der Waals surface area contributed by atoms with E-state index < -0.39 is 0 Å². The highest BCUT2D eigenvalue weighted by Crippen LogP contribution is 2.31. The van der Waals surface area contributed by atoms with E-state index in [9.17, 15) is 0 Å². The van der Waals surface area contributed by atoms with Crippen molar-refractivity contribution < 1.29 is 0 Å². The van der Waals surface area contributed by atoms with E-state index >= 15 is 0 Å². The van der Waals surface area contributed by atoms with Gasteiger partial charge in [-0.15, -0.1) is 12.3 Å². The molecule has 0 spiro atoms. The van der Waals surface area contributed by atoms with E-state index in [2.05, 4.69) is 11.2 Å². The van der Waals surface area contributed by atoms with Crippen LogP contribution in [0.1, 0.15) is 30.9 Å². The molecular formula is C13H15Cl2N. The van der Waals surface area contributed by atoms with Crippen molar-refractivity contribution in [2.45, 2.75) is 25.3 Å². The van der Waals surface area contributed by atoms with Crippen LogP contribution in [0.3, 0.4) is 0 Å². The Kier molecular flexibility index (Phi) is 5.69. The molecule has 1 N–H and O–H groups in total. The van der Waals surface area contributed by atoms with Gasteiger partial charge in [-0.1, -0.05) is 35.3 Å². The van der Waals surface area contributed by atoms with Crippen molar-refractivity contribution in [3.63, 3.8) is 0 Å². The van der Waals surface area contributed by atoms with Crippen LogP contribution >= 0.6 is 23.2 Å². The molecule has 1 aromatic rings. The van der Waals surface area contributed by atoms with Crippen LogP contribution in [0, 0.1) is 12.3 Å². The van der Waals surface area contributed by atoms with Gasteiger partial charge in [-0.3, -0.25) is 0 Å². The Morgan fingerprint density at radius 1 is 1.44 bits per heavy atom. The summed E-state index contributed by atoms with van der Waals surface area (Å²) in [6.07, 6.45) is 7.96. The van der Waals surface area contributed by atoms with E-state index in [4.69, 9.17) is 29.6 Å². The summed E-state index contributed by atoms with van der Waals surface area (Å²) in [6, 6.07) is 5.90. The molecule has 1 nitrogen and oxygen atoms in total. The molecule has 0 aliphatic carbocycles. The summed E-state index contributed by atoms with van der Waals surface area (Å²) in [7, 11) is 1.91. The molecule has 0 amide bonds. The monoisotopic (exact) mass is 255 g/mol. The van der Waals surface area contributed by atoms with Crippen LogP contribution < -0.4 is 5.32 Å². The Bertz CT molecular complexity index is 382. The smallest absolute Gasteiger partial charge is 0.0640 e. The molecule has 0 radical (unpaired) electrons. The van der Waals surface area contributed by atoms with Gasteiger partial charge in [0.15, 0.2) is 0 Å². The first-order valence-corrected chi connectivity index (χ1v) is 6.01. The number of benzene rings is 1. The molecular weight excluding hydrogens is 241 g/mol. The van der Waals surface area contributed by atoms with E-state index in [-0.39, 0.29) is 6.04 Å². The summed E-state index contributed by atoms with van der Waals surface area (Å²) >= 11 is 12.2. The number of unbranched alkanes of at least 4 members (excludes halogenated alkanes) is 1. The quantitative estimate of drug-likeness (QED) is 0.618. The van der Waals surface area contributed by atoms with E-state index in [1.165, 1.54) is 0 Å². The van der Waals surface area contributed by atoms with Crippen LogP contribution in [0.4, 0.5) is 0 Å². The lowest BCUT2D eigenvalue weighted by molar-refractivity contribution is 0.532. The first-order valence-electron chi connectivity index (χ1n) is 5.25. The Morgan fingerprint density at radius 2 is 2.19 bits per heavy atom. The van der Waals surface area contributed by atoms with Gasteiger partial charge < -0.3 is 5.32 Å². The highest BCUT2D eigenvalue weighted by molar-refractivity contribution is 6.42. The van der Waals surface area contributed by atoms with Crippen molar-refractivity contribution in [3.8, 4) is 12.3 Å². The number of terminal acetylenes is 1. The molecule has 1 rings (SSSR count). The van der Waals surface area contributed by atoms with Gasteiger partial charge in [0.25, 0.3) is 0 Å². The van der Waals surface area contributed by atoms with E-state index in [0.717, 1.165) is 24.8 Å². The molecule has 0 aromatic heterocycles. The van der Waals surface area contributed by atoms with Gasteiger partial charge >= 0.3 is 0 Å². The summed E-state index contributed by atoms with van der Waals surface area (Å²) in [5.74, 6) is 2.64. The minimum atomic E-state index is 0.208. The van der Waals surface area contributed by atoms with Gasteiger partial charge in [-0.2, -0.15) is 0 Å². The largest absolute Gasteiger partial charge is 0.313 e. The average Bonchev–Trinajstić information content (AvgIpc) is 2.29. The van der Waals surface area contributed by atoms with Crippen LogP contribution in [-0.2, 0) is 0 Å². The van der Waals surface area contributed by atoms with Gasteiger partial charge in [0.1, 0.15) is 0 Å². The van der Waals surface area contributed by atoms with Gasteiger partial charge in [0.05, 0.1) is 10.0 Å². The van der Waals surface area contributed by atoms with E-state index in [1.807, 2.05) is 19.2 Å². The summed E-state index contributed by atoms with van der Waals surface area (Å²) in [4.78, 5) is 0. The molecule has 3 heteroatoms. The number of nitrogens with one attached hydrogen (secondary N) is 1. The van der Waals surface area contributed by atoms with E-state index in [1.54, 1.807) is 6.07 Å². The zero-order valence-electron chi connectivity index (χ0n) is 9.26. The third kappa shape index (κ3) is 3.42. The van der Waals surface area contributed by atoms with Crippen molar-refractivity contribution in [3.05, 3.63) is 33.8 Å². The molecule has 0 saturated carbocycles. The molecule has 16 heavy (non-hydrogen) atoms. The number of rotatable bonds is 5. The molecule has 0 aliphatic rings. The molecule has 0 aliphatic heterocycles. The maximum Gasteiger partial charge on any atom is 0.0640 e. The fourth-order valence-corrected chi connectivity index (χ4v) is 2.09. The van der Waals surface area contributed by atoms with E-state index in [0.29, 0.717) is 10.0 Å². The summed E-state index contributed by atoms with van der Waals surface area (Å²) in [5.41, 5.74) is 1.04. The molecule has 0 saturated heterocycles. The maximum absolute atomic E-state index is 6.17. The zero-order valence-corrected chi connectivity index (χ0v) is 10.8. The average molecular weight is 256 g/mol. The molecule has 0 bridgehead atoms. The van der Waals surface area contributed by atoms with Crippen LogP contribution in [0.5, 0.6) is 0 Å². The highest BCUT2D eigenvalue weighted by Gasteiger charge is 2.13. The minimum Gasteiger partial charge on any atom is -0.313 e. The second-order valence-electron chi connectivity index (χ2n) is 3.58. The lowest BCUT2D eigenvalue weighted by Gasteiger charge is -2.18. The van der Waals surface area contributed by atoms with Crippen LogP contribution in [-0.4, -0.2) is 7.05 Å². The Labute approximate surface area is 107 Å². The Balaban J connectivity index is 2.79. The van der Waals surface area contributed by atoms with Crippen LogP contribution in [0.2, 0.25) is 10.0 Å². The maximum atomic E-state index is 6.17. The predicted octanol–water partition coefficient (Wildman–Crippen LogP) is 4.06. The van der Waals surface area contributed by atoms with Gasteiger partial charge in [0, 0.05) is 12.5 Å². The lowest BCUT2D eigenvalue weighted by Crippen LogP contribution is -2.16. The molecule has 1 unspecified atom stereocenters. The minimum absolute atomic E-state index is 0.208. The fraction of sp³-hybridized carbons (Fsp3) is 0.385. The SMILES string of the molecule is C#CCCCC(NC)c1cccc(Cl)c1Cl. The van der Waals surface area contributed by atoms with Gasteiger partial charge in [-0.05, 0) is 31.5 Å². The van der Waals surface area contributed by atoms with Crippen LogP contribution in [0.25, 0.3) is 0 Å². The Hall–Kier alpha value is -0.680. The molecule has 1 atom stereocenters. The van der Waals surface area contributed by atoms with Gasteiger partial charge in [0.2, 0.25) is 0 Å². The molecule has 1 aromatic carbocycles. The summed E-state index contributed by atoms with van der Waals surface area (Å²) in [6.45, 7) is 0. The lowest BCUT2D eigenvalue weighted by atomic mass is 10.0. The second-order valence-corrected chi connectivity index (χ2v) is 4.37. The second kappa shape index (κ2) is 6.81. The zero-order chi connectivity index (χ0) is 12.0. The third-order valence-corrected chi connectivity index (χ3v) is 3.35. The standard InChI is InChI=1S/C13H15Cl2N/c1-3-4-5-9-12(16-2)10-7-6-8-11(14)13(10)15/h1,6-8,12,16H,4-5,9H2,2H3. The topological polar surface area (TPSA) is 12.0 Å². The van der Waals surface area contributed by atoms with Crippen molar-refractivity contribution in [1.29, 1.82) is 0 Å². The van der Waals surface area contributed by atoms with Crippen molar-refractivity contribution in [1.82, 2.24) is 5.32 Å². The Morgan fingerprint density at radius 3 is 2.81 bits per heavy atom. The highest BCUT2D eigenvalue weighted by atomic mass is 35.5. The fourth-order valence-electron chi connectivity index (χ4n) is 1.65. The van der Waals surface area contributed by atoms with Crippen molar-refractivity contribution in [2.24, 2.45) is 0 Å². The van der Waals surface area contributed by atoms with Crippen LogP contribution in [0.15, 0.2) is 18.2 Å². The first-order chi connectivity index (χ1) is 7.70. The normalized spacial score (nSPS) is 12.1. The van der Waals surface area contributed by atoms with Crippen molar-refractivity contribution in [2.75, 3.05) is 7.05 Å². The predicted molar refractivity (Wildman–Crippen MR) is 70.9 cm³/mol. The molecule has 0 heterocycles. The number of hydrogen-bond donors (Lipinski definition) is 1. The summed E-state index contributed by atoms with van der Waals surface area (Å²) in [5, 5.41) is 4.46. The first kappa shape index (κ1) is 13.4. The van der Waals surface area contributed by atoms with Crippen molar-refractivity contribution >= 4 is 23.2 Å². The summed E-state index contributed by atoms with van der Waals surface area (Å²) < 4.78 is 0. The molecule has 0 fully saturated rings. The van der Waals surface area contributed by atoms with Gasteiger partial charge in [-0.25, -0.2) is 0 Å².